The van der Waals surface area contributed by atoms with E-state index >= 15 is 0 Å². The van der Waals surface area contributed by atoms with E-state index in [9.17, 15) is 4.79 Å². The Kier molecular flexibility index (Phi) is 3.08. The fourth-order valence-electron chi connectivity index (χ4n) is 1.78. The van der Waals surface area contributed by atoms with Gasteiger partial charge in [0.25, 0.3) is 5.91 Å². The van der Waals surface area contributed by atoms with Crippen LogP contribution in [-0.4, -0.2) is 21.3 Å². The minimum Gasteiger partial charge on any atom is -0.461 e. The molecule has 7 nitrogen and oxygen atoms in total. The lowest BCUT2D eigenvalue weighted by molar-refractivity contribution is 0.101. The van der Waals surface area contributed by atoms with Crippen molar-refractivity contribution in [1.82, 2.24) is 15.4 Å². The number of anilines is 1. The van der Waals surface area contributed by atoms with Gasteiger partial charge < -0.3 is 14.3 Å². The molecule has 0 aliphatic carbocycles. The average molecular weight is 272 g/mol. The second kappa shape index (κ2) is 5.04. The third-order valence-corrected chi connectivity index (χ3v) is 2.84. The molecule has 0 unspecified atom stereocenters. The van der Waals surface area contributed by atoms with Crippen molar-refractivity contribution in [2.45, 2.75) is 13.3 Å². The van der Waals surface area contributed by atoms with Crippen LogP contribution in [0.15, 0.2) is 39.6 Å². The summed E-state index contributed by atoms with van der Waals surface area (Å²) in [6.07, 6.45) is 3.96. The number of amides is 1. The van der Waals surface area contributed by atoms with E-state index in [1.54, 1.807) is 18.3 Å². The first kappa shape index (κ1) is 12.2. The minimum atomic E-state index is -0.370. The fourth-order valence-corrected chi connectivity index (χ4v) is 1.78. The summed E-state index contributed by atoms with van der Waals surface area (Å²) in [5.41, 5.74) is 1.10. The highest BCUT2D eigenvalue weighted by molar-refractivity contribution is 6.03. The second-order valence-electron chi connectivity index (χ2n) is 4.13. The van der Waals surface area contributed by atoms with E-state index in [1.807, 2.05) is 6.92 Å². The molecule has 0 radical (unpaired) electrons. The summed E-state index contributed by atoms with van der Waals surface area (Å²) < 4.78 is 10.2. The number of carbonyl (C=O) groups is 1. The van der Waals surface area contributed by atoms with Gasteiger partial charge in [-0.1, -0.05) is 12.1 Å². The first-order valence-electron chi connectivity index (χ1n) is 6.12. The lowest BCUT2D eigenvalue weighted by atomic mass is 10.2. The van der Waals surface area contributed by atoms with E-state index in [0.29, 0.717) is 17.3 Å². The van der Waals surface area contributed by atoms with E-state index in [0.717, 1.165) is 12.0 Å². The number of nitrogens with one attached hydrogen (secondary N) is 2. The molecular formula is C13H12N4O3. The summed E-state index contributed by atoms with van der Waals surface area (Å²) in [7, 11) is 0. The van der Waals surface area contributed by atoms with Crippen LogP contribution in [0.5, 0.6) is 0 Å². The highest BCUT2D eigenvalue weighted by Crippen LogP contribution is 2.21. The number of aromatic amines is 1. The molecule has 0 aliphatic heterocycles. The van der Waals surface area contributed by atoms with Gasteiger partial charge >= 0.3 is 0 Å². The van der Waals surface area contributed by atoms with Gasteiger partial charge in [-0.3, -0.25) is 9.89 Å². The van der Waals surface area contributed by atoms with Crippen molar-refractivity contribution in [3.63, 3.8) is 0 Å². The van der Waals surface area contributed by atoms with Gasteiger partial charge in [0, 0.05) is 11.6 Å². The van der Waals surface area contributed by atoms with E-state index in [4.69, 9.17) is 8.94 Å². The van der Waals surface area contributed by atoms with Gasteiger partial charge in [-0.25, -0.2) is 0 Å². The van der Waals surface area contributed by atoms with Gasteiger partial charge in [0.15, 0.2) is 11.5 Å². The Hall–Kier alpha value is -2.83. The standard InChI is InChI=1S/C13H12N4O3/c1-2-8-7-14-16-12(8)15-13(18)9-6-11(20-17-9)10-4-3-5-19-10/h3-7H,2H2,1H3,(H2,14,15,16,18). The number of aromatic nitrogens is 3. The number of nitrogens with zero attached hydrogens (tertiary/aromatic N) is 2. The van der Waals surface area contributed by atoms with E-state index in [-0.39, 0.29) is 11.6 Å². The molecular weight excluding hydrogens is 260 g/mol. The number of carbonyl (C=O) groups excluding carboxylic acids is 1. The maximum absolute atomic E-state index is 12.1. The van der Waals surface area contributed by atoms with Gasteiger partial charge in [-0.15, -0.1) is 0 Å². The van der Waals surface area contributed by atoms with Crippen molar-refractivity contribution in [1.29, 1.82) is 0 Å². The SMILES string of the molecule is CCc1cn[nH]c1NC(=O)c1cc(-c2ccco2)on1. The molecule has 0 fully saturated rings. The Morgan fingerprint density at radius 1 is 1.45 bits per heavy atom. The quantitative estimate of drug-likeness (QED) is 0.760. The third kappa shape index (κ3) is 2.20. The molecule has 3 aromatic rings. The zero-order valence-corrected chi connectivity index (χ0v) is 10.7. The van der Waals surface area contributed by atoms with Crippen LogP contribution >= 0.6 is 0 Å². The topological polar surface area (TPSA) is 97.0 Å². The molecule has 0 saturated carbocycles. The summed E-state index contributed by atoms with van der Waals surface area (Å²) in [5.74, 6) is 1.12. The number of H-pyrrole nitrogens is 1. The Morgan fingerprint density at radius 2 is 2.35 bits per heavy atom. The van der Waals surface area contributed by atoms with E-state index < -0.39 is 0 Å². The van der Waals surface area contributed by atoms with Crippen molar-refractivity contribution >= 4 is 11.7 Å². The van der Waals surface area contributed by atoms with Crippen LogP contribution in [-0.2, 0) is 6.42 Å². The molecule has 1 amide bonds. The molecule has 3 heterocycles. The molecule has 2 N–H and O–H groups in total. The summed E-state index contributed by atoms with van der Waals surface area (Å²) in [5, 5.41) is 13.1. The Bertz CT molecular complexity index is 712. The van der Waals surface area contributed by atoms with Gasteiger partial charge in [0.1, 0.15) is 5.82 Å². The van der Waals surface area contributed by atoms with E-state index in [1.165, 1.54) is 12.3 Å². The summed E-state index contributed by atoms with van der Waals surface area (Å²) in [6, 6.07) is 4.98. The van der Waals surface area contributed by atoms with Crippen LogP contribution in [0, 0.1) is 0 Å². The Balaban J connectivity index is 1.78. The molecule has 3 aromatic heterocycles. The van der Waals surface area contributed by atoms with Crippen molar-refractivity contribution < 1.29 is 13.7 Å². The lowest BCUT2D eigenvalue weighted by Gasteiger charge is -2.01. The zero-order chi connectivity index (χ0) is 13.9. The summed E-state index contributed by atoms with van der Waals surface area (Å²) >= 11 is 0. The molecule has 3 rings (SSSR count). The minimum absolute atomic E-state index is 0.174. The van der Waals surface area contributed by atoms with Gasteiger partial charge in [-0.2, -0.15) is 5.10 Å². The van der Waals surface area contributed by atoms with Gasteiger partial charge in [0.05, 0.1) is 12.5 Å². The molecule has 0 saturated heterocycles. The van der Waals surface area contributed by atoms with Crippen molar-refractivity contribution in [2.24, 2.45) is 0 Å². The second-order valence-corrected chi connectivity index (χ2v) is 4.13. The average Bonchev–Trinajstić information content (AvgIpc) is 3.19. The lowest BCUT2D eigenvalue weighted by Crippen LogP contribution is -2.13. The Labute approximate surface area is 114 Å². The molecule has 0 spiro atoms. The molecule has 102 valence electrons. The highest BCUT2D eigenvalue weighted by Gasteiger charge is 2.16. The summed E-state index contributed by atoms with van der Waals surface area (Å²) in [4.78, 5) is 12.1. The monoisotopic (exact) mass is 272 g/mol. The maximum atomic E-state index is 12.1. The normalized spacial score (nSPS) is 10.7. The fraction of sp³-hybridized carbons (Fsp3) is 0.154. The third-order valence-electron chi connectivity index (χ3n) is 2.84. The van der Waals surface area contributed by atoms with Crippen LogP contribution in [0.4, 0.5) is 5.82 Å². The van der Waals surface area contributed by atoms with Crippen molar-refractivity contribution in [3.8, 4) is 11.5 Å². The predicted octanol–water partition coefficient (Wildman–Crippen LogP) is 2.47. The van der Waals surface area contributed by atoms with Crippen molar-refractivity contribution in [2.75, 3.05) is 5.32 Å². The zero-order valence-electron chi connectivity index (χ0n) is 10.7. The van der Waals surface area contributed by atoms with Crippen LogP contribution in [0.1, 0.15) is 23.0 Å². The van der Waals surface area contributed by atoms with Crippen LogP contribution in [0.25, 0.3) is 11.5 Å². The van der Waals surface area contributed by atoms with Crippen LogP contribution < -0.4 is 5.32 Å². The van der Waals surface area contributed by atoms with Crippen LogP contribution in [0.2, 0.25) is 0 Å². The molecule has 0 atom stereocenters. The first-order valence-corrected chi connectivity index (χ1v) is 6.12. The molecule has 0 bridgehead atoms. The number of furan rings is 1. The number of hydrogen-bond acceptors (Lipinski definition) is 5. The van der Waals surface area contributed by atoms with Crippen LogP contribution in [0.3, 0.4) is 0 Å². The first-order chi connectivity index (χ1) is 9.78. The maximum Gasteiger partial charge on any atom is 0.279 e. The smallest absolute Gasteiger partial charge is 0.279 e. The van der Waals surface area contributed by atoms with E-state index in [2.05, 4.69) is 20.7 Å². The van der Waals surface area contributed by atoms with Crippen molar-refractivity contribution in [3.05, 3.63) is 41.9 Å². The largest absolute Gasteiger partial charge is 0.461 e. The predicted molar refractivity (Wildman–Crippen MR) is 70.1 cm³/mol. The molecule has 0 aromatic carbocycles. The molecule has 7 heteroatoms. The number of rotatable bonds is 4. The highest BCUT2D eigenvalue weighted by atomic mass is 16.5. The molecule has 20 heavy (non-hydrogen) atoms. The Morgan fingerprint density at radius 3 is 3.10 bits per heavy atom. The van der Waals surface area contributed by atoms with Gasteiger partial charge in [0.2, 0.25) is 5.76 Å². The molecule has 0 aliphatic rings. The summed E-state index contributed by atoms with van der Waals surface area (Å²) in [6.45, 7) is 1.98. The number of hydrogen-bond donors (Lipinski definition) is 2. The number of aryl methyl sites for hydroxylation is 1. The van der Waals surface area contributed by atoms with Gasteiger partial charge in [-0.05, 0) is 18.6 Å².